The molecule has 0 bridgehead atoms. The lowest BCUT2D eigenvalue weighted by molar-refractivity contribution is -0.128. The average molecular weight is 452 g/mol. The highest BCUT2D eigenvalue weighted by Gasteiger charge is 2.32. The fraction of sp³-hybridized carbons (Fsp3) is 0.500. The number of hydrogen-bond acceptors (Lipinski definition) is 4. The third-order valence-corrected chi connectivity index (χ3v) is 5.81. The maximum atomic E-state index is 13.9. The molecule has 1 heterocycles. The van der Waals surface area contributed by atoms with Crippen LogP contribution in [0.2, 0.25) is 5.02 Å². The van der Waals surface area contributed by atoms with Gasteiger partial charge in [-0.1, -0.05) is 30.5 Å². The number of carbonyl (C=O) groups is 3. The highest BCUT2D eigenvalue weighted by atomic mass is 35.5. The van der Waals surface area contributed by atoms with Gasteiger partial charge in [-0.15, -0.1) is 0 Å². The SMILES string of the molecule is O=C(/C=C/c1ccc(Cl)cc1F)NC(CC1CC1)C(=O)NC(CO)C[C@@H]1CCNC1=O. The number of rotatable bonds is 10. The normalized spacial score (nSPS) is 20.4. The van der Waals surface area contributed by atoms with Crippen LogP contribution >= 0.6 is 11.6 Å². The van der Waals surface area contributed by atoms with Gasteiger partial charge in [0, 0.05) is 29.1 Å². The van der Waals surface area contributed by atoms with Crippen LogP contribution in [0.25, 0.3) is 6.08 Å². The van der Waals surface area contributed by atoms with Crippen molar-refractivity contribution < 1.29 is 23.9 Å². The number of amides is 3. The molecule has 1 aliphatic heterocycles. The molecular weight excluding hydrogens is 425 g/mol. The van der Waals surface area contributed by atoms with Gasteiger partial charge in [-0.25, -0.2) is 4.39 Å². The maximum Gasteiger partial charge on any atom is 0.244 e. The summed E-state index contributed by atoms with van der Waals surface area (Å²) in [5.41, 5.74) is 0.206. The lowest BCUT2D eigenvalue weighted by atomic mass is 9.98. The fourth-order valence-corrected chi connectivity index (χ4v) is 3.79. The Kier molecular flexibility index (Phi) is 8.03. The summed E-state index contributed by atoms with van der Waals surface area (Å²) in [7, 11) is 0. The number of aliphatic hydroxyl groups is 1. The van der Waals surface area contributed by atoms with E-state index in [9.17, 15) is 23.9 Å². The number of carbonyl (C=O) groups excluding carboxylic acids is 3. The predicted octanol–water partition coefficient (Wildman–Crippen LogP) is 1.78. The van der Waals surface area contributed by atoms with Crippen LogP contribution in [-0.4, -0.2) is 48.1 Å². The van der Waals surface area contributed by atoms with Crippen molar-refractivity contribution in [3.63, 3.8) is 0 Å². The molecule has 2 fully saturated rings. The van der Waals surface area contributed by atoms with Gasteiger partial charge in [0.05, 0.1) is 12.6 Å². The third kappa shape index (κ3) is 7.04. The number of aliphatic hydroxyl groups excluding tert-OH is 1. The molecule has 0 radical (unpaired) electrons. The smallest absolute Gasteiger partial charge is 0.244 e. The fourth-order valence-electron chi connectivity index (χ4n) is 3.63. The molecule has 2 unspecified atom stereocenters. The van der Waals surface area contributed by atoms with E-state index in [4.69, 9.17) is 11.6 Å². The highest BCUT2D eigenvalue weighted by molar-refractivity contribution is 6.30. The van der Waals surface area contributed by atoms with Crippen molar-refractivity contribution in [3.05, 3.63) is 40.7 Å². The van der Waals surface area contributed by atoms with Gasteiger partial charge in [0.2, 0.25) is 17.7 Å². The van der Waals surface area contributed by atoms with Crippen molar-refractivity contribution in [3.8, 4) is 0 Å². The van der Waals surface area contributed by atoms with E-state index < -0.39 is 29.7 Å². The molecule has 168 valence electrons. The molecule has 1 saturated carbocycles. The van der Waals surface area contributed by atoms with Crippen LogP contribution in [0.1, 0.15) is 37.7 Å². The van der Waals surface area contributed by atoms with Crippen LogP contribution < -0.4 is 16.0 Å². The van der Waals surface area contributed by atoms with Crippen molar-refractivity contribution in [1.29, 1.82) is 0 Å². The molecule has 31 heavy (non-hydrogen) atoms. The van der Waals surface area contributed by atoms with Gasteiger partial charge in [-0.05, 0) is 43.4 Å². The molecule has 0 spiro atoms. The number of nitrogens with one attached hydrogen (secondary N) is 3. The maximum absolute atomic E-state index is 13.9. The van der Waals surface area contributed by atoms with Crippen LogP contribution in [0.15, 0.2) is 24.3 Å². The summed E-state index contributed by atoms with van der Waals surface area (Å²) in [5, 5.41) is 18.1. The summed E-state index contributed by atoms with van der Waals surface area (Å²) in [6.45, 7) is 0.297. The molecule has 1 aromatic rings. The molecule has 4 N–H and O–H groups in total. The summed E-state index contributed by atoms with van der Waals surface area (Å²) in [6.07, 6.45) is 5.98. The number of benzene rings is 1. The topological polar surface area (TPSA) is 108 Å². The Balaban J connectivity index is 1.59. The van der Waals surface area contributed by atoms with Gasteiger partial charge >= 0.3 is 0 Å². The molecular formula is C22H27ClFN3O4. The van der Waals surface area contributed by atoms with Crippen LogP contribution in [0.3, 0.4) is 0 Å². The molecule has 1 aromatic carbocycles. The Morgan fingerprint density at radius 1 is 1.26 bits per heavy atom. The first-order chi connectivity index (χ1) is 14.9. The molecule has 1 saturated heterocycles. The van der Waals surface area contributed by atoms with E-state index in [1.54, 1.807) is 0 Å². The molecule has 7 nitrogen and oxygen atoms in total. The molecule has 3 amide bonds. The Morgan fingerprint density at radius 3 is 2.65 bits per heavy atom. The summed E-state index contributed by atoms with van der Waals surface area (Å²) in [5.74, 6) is -1.43. The van der Waals surface area contributed by atoms with Crippen molar-refractivity contribution in [2.75, 3.05) is 13.2 Å². The predicted molar refractivity (Wildman–Crippen MR) is 114 cm³/mol. The van der Waals surface area contributed by atoms with Crippen LogP contribution in [-0.2, 0) is 14.4 Å². The lowest BCUT2D eigenvalue weighted by Gasteiger charge is -2.23. The summed E-state index contributed by atoms with van der Waals surface area (Å²) >= 11 is 5.72. The Hall–Kier alpha value is -2.45. The van der Waals surface area contributed by atoms with E-state index in [1.165, 1.54) is 24.3 Å². The quantitative estimate of drug-likeness (QED) is 0.407. The van der Waals surface area contributed by atoms with Crippen LogP contribution in [0, 0.1) is 17.7 Å². The number of hydrogen-bond donors (Lipinski definition) is 4. The van der Waals surface area contributed by atoms with Gasteiger partial charge in [0.15, 0.2) is 0 Å². The minimum atomic E-state index is -0.772. The average Bonchev–Trinajstić information content (AvgIpc) is 3.46. The van der Waals surface area contributed by atoms with Gasteiger partial charge in [-0.2, -0.15) is 0 Å². The zero-order valence-electron chi connectivity index (χ0n) is 17.1. The second-order valence-corrected chi connectivity index (χ2v) is 8.58. The first-order valence-electron chi connectivity index (χ1n) is 10.5. The minimum absolute atomic E-state index is 0.0740. The van der Waals surface area contributed by atoms with Crippen molar-refractivity contribution in [2.24, 2.45) is 11.8 Å². The molecule has 9 heteroatoms. The molecule has 3 atom stereocenters. The molecule has 1 aliphatic carbocycles. The van der Waals surface area contributed by atoms with Crippen LogP contribution in [0.4, 0.5) is 4.39 Å². The standard InChI is InChI=1S/C22H27ClFN3O4/c23-16-5-3-14(18(24)11-16)4-6-20(29)27-19(9-13-1-2-13)22(31)26-17(12-28)10-15-7-8-25-21(15)30/h3-6,11,13,15,17,19,28H,1-2,7-10,12H2,(H,25,30)(H,26,31)(H,27,29)/b6-4+/t15-,17?,19?/m0/s1. The summed E-state index contributed by atoms with van der Waals surface area (Å²) in [4.78, 5) is 36.9. The summed E-state index contributed by atoms with van der Waals surface area (Å²) in [6, 6.07) is 2.79. The highest BCUT2D eigenvalue weighted by Crippen LogP contribution is 2.33. The van der Waals surface area contributed by atoms with Gasteiger partial charge < -0.3 is 21.1 Å². The first kappa shape index (κ1) is 23.2. The second kappa shape index (κ2) is 10.7. The molecule has 3 rings (SSSR count). The van der Waals surface area contributed by atoms with Crippen molar-refractivity contribution >= 4 is 35.4 Å². The minimum Gasteiger partial charge on any atom is -0.394 e. The Morgan fingerprint density at radius 2 is 2.03 bits per heavy atom. The van der Waals surface area contributed by atoms with Crippen LogP contribution in [0.5, 0.6) is 0 Å². The van der Waals surface area contributed by atoms with Gasteiger partial charge in [0.1, 0.15) is 11.9 Å². The molecule has 2 aliphatic rings. The zero-order chi connectivity index (χ0) is 22.4. The summed E-state index contributed by atoms with van der Waals surface area (Å²) < 4.78 is 13.9. The first-order valence-corrected chi connectivity index (χ1v) is 10.9. The monoisotopic (exact) mass is 451 g/mol. The lowest BCUT2D eigenvalue weighted by Crippen LogP contribution is -2.51. The third-order valence-electron chi connectivity index (χ3n) is 5.57. The van der Waals surface area contributed by atoms with Crippen molar-refractivity contribution in [2.45, 2.75) is 44.2 Å². The van der Waals surface area contributed by atoms with Gasteiger partial charge in [-0.3, -0.25) is 14.4 Å². The van der Waals surface area contributed by atoms with E-state index in [0.717, 1.165) is 18.9 Å². The molecule has 0 aromatic heterocycles. The van der Waals surface area contributed by atoms with E-state index in [0.29, 0.717) is 31.7 Å². The van der Waals surface area contributed by atoms with E-state index >= 15 is 0 Å². The van der Waals surface area contributed by atoms with Gasteiger partial charge in [0.25, 0.3) is 0 Å². The largest absolute Gasteiger partial charge is 0.394 e. The Bertz CT molecular complexity index is 859. The van der Waals surface area contributed by atoms with E-state index in [-0.39, 0.29) is 29.0 Å². The van der Waals surface area contributed by atoms with E-state index in [1.807, 2.05) is 0 Å². The second-order valence-electron chi connectivity index (χ2n) is 8.14. The number of halogens is 2. The zero-order valence-corrected chi connectivity index (χ0v) is 17.8. The Labute approximate surface area is 185 Å². The van der Waals surface area contributed by atoms with E-state index in [2.05, 4.69) is 16.0 Å². The van der Waals surface area contributed by atoms with Crippen molar-refractivity contribution in [1.82, 2.24) is 16.0 Å².